The van der Waals surface area contributed by atoms with Crippen molar-refractivity contribution < 1.29 is 4.42 Å². The molecule has 0 fully saturated rings. The summed E-state index contributed by atoms with van der Waals surface area (Å²) in [6.45, 7) is 20.7. The van der Waals surface area contributed by atoms with Crippen LogP contribution in [-0.2, 0) is 22.7 Å². The lowest BCUT2D eigenvalue weighted by Gasteiger charge is -2.26. The minimum absolute atomic E-state index is 0.0506. The zero-order chi connectivity index (χ0) is 23.5. The summed E-state index contributed by atoms with van der Waals surface area (Å²) in [6, 6.07) is 20.2. The van der Waals surface area contributed by atoms with E-state index in [1.807, 2.05) is 0 Å². The zero-order valence-electron chi connectivity index (χ0n) is 21.3. The van der Waals surface area contributed by atoms with Gasteiger partial charge in [-0.2, -0.15) is 0 Å². The largest absolute Gasteiger partial charge is 0.456 e. The maximum Gasteiger partial charge on any atom is 0.135 e. The smallest absolute Gasteiger partial charge is 0.135 e. The molecule has 0 saturated heterocycles. The van der Waals surface area contributed by atoms with Gasteiger partial charge in [-0.05, 0) is 62.6 Å². The number of benzene rings is 3. The number of fused-ring (bicyclic) bond motifs is 3. The molecule has 0 radical (unpaired) electrons. The van der Waals surface area contributed by atoms with Gasteiger partial charge in [0.05, 0.1) is 0 Å². The summed E-state index contributed by atoms with van der Waals surface area (Å²) in [5, 5.41) is 2.54. The lowest BCUT2D eigenvalue weighted by atomic mass is 9.79. The molecule has 0 spiro atoms. The summed E-state index contributed by atoms with van der Waals surface area (Å²) < 4.78 is 6.32. The number of furan rings is 1. The molecule has 4 aromatic rings. The average Bonchev–Trinajstić information content (AvgIpc) is 3.05. The number of rotatable bonds is 2. The molecular weight excluding hydrogens is 388 g/mol. The van der Waals surface area contributed by atoms with Crippen LogP contribution in [0.25, 0.3) is 21.9 Å². The van der Waals surface area contributed by atoms with Crippen molar-refractivity contribution in [2.45, 2.75) is 85.0 Å². The SMILES string of the molecule is CC(C)(C)c1cc(Cc2cccc3oc4cccc(C(C)(C)C)c4c23)cc(C(C)(C)C)c1. The second-order valence-electron chi connectivity index (χ2n) is 12.4. The van der Waals surface area contributed by atoms with Gasteiger partial charge in [0.2, 0.25) is 0 Å². The standard InChI is InChI=1S/C31H38O/c1-29(2,3)22-17-20(18-23(19-22)30(4,5)6)16-21-12-10-14-25-27(21)28-24(31(7,8)9)13-11-15-26(28)32-25/h10-15,17-19H,16H2,1-9H3. The molecular formula is C31H38O. The molecule has 0 aliphatic rings. The van der Waals surface area contributed by atoms with Gasteiger partial charge in [-0.3, -0.25) is 0 Å². The molecule has 1 heteroatoms. The minimum atomic E-state index is 0.0506. The highest BCUT2D eigenvalue weighted by molar-refractivity contribution is 6.09. The first-order chi connectivity index (χ1) is 14.7. The third-order valence-corrected chi connectivity index (χ3v) is 6.54. The summed E-state index contributed by atoms with van der Waals surface area (Å²) >= 11 is 0. The molecule has 0 saturated carbocycles. The zero-order valence-corrected chi connectivity index (χ0v) is 21.3. The van der Waals surface area contributed by atoms with Crippen LogP contribution in [0.3, 0.4) is 0 Å². The van der Waals surface area contributed by atoms with Crippen molar-refractivity contribution >= 4 is 21.9 Å². The molecule has 1 heterocycles. The van der Waals surface area contributed by atoms with E-state index in [4.69, 9.17) is 4.42 Å². The highest BCUT2D eigenvalue weighted by Crippen LogP contribution is 2.39. The van der Waals surface area contributed by atoms with E-state index in [1.165, 1.54) is 38.6 Å². The minimum Gasteiger partial charge on any atom is -0.456 e. The summed E-state index contributed by atoms with van der Waals surface area (Å²) in [5.41, 5.74) is 9.11. The Kier molecular flexibility index (Phi) is 5.31. The molecule has 0 N–H and O–H groups in total. The Morgan fingerprint density at radius 2 is 1.12 bits per heavy atom. The Labute approximate surface area is 193 Å². The maximum atomic E-state index is 6.32. The predicted molar refractivity (Wildman–Crippen MR) is 139 cm³/mol. The van der Waals surface area contributed by atoms with Crippen LogP contribution in [-0.4, -0.2) is 0 Å². The third-order valence-electron chi connectivity index (χ3n) is 6.54. The highest BCUT2D eigenvalue weighted by Gasteiger charge is 2.23. The fraction of sp³-hybridized carbons (Fsp3) is 0.419. The van der Waals surface area contributed by atoms with Crippen molar-refractivity contribution in [1.29, 1.82) is 0 Å². The summed E-state index contributed by atoms with van der Waals surface area (Å²) in [6.07, 6.45) is 0.900. The van der Waals surface area contributed by atoms with Gasteiger partial charge in [-0.15, -0.1) is 0 Å². The van der Waals surface area contributed by atoms with Crippen LogP contribution in [0, 0.1) is 0 Å². The second-order valence-corrected chi connectivity index (χ2v) is 12.4. The van der Waals surface area contributed by atoms with Gasteiger partial charge in [-0.25, -0.2) is 0 Å². The molecule has 1 nitrogen and oxygen atoms in total. The number of hydrogen-bond acceptors (Lipinski definition) is 1. The van der Waals surface area contributed by atoms with Gasteiger partial charge in [-0.1, -0.05) is 105 Å². The van der Waals surface area contributed by atoms with Crippen molar-refractivity contribution in [2.24, 2.45) is 0 Å². The molecule has 168 valence electrons. The summed E-state index contributed by atoms with van der Waals surface area (Å²) in [7, 11) is 0. The topological polar surface area (TPSA) is 13.1 Å². The van der Waals surface area contributed by atoms with Crippen LogP contribution >= 0.6 is 0 Å². The monoisotopic (exact) mass is 426 g/mol. The first kappa shape index (κ1) is 22.6. The van der Waals surface area contributed by atoms with E-state index in [9.17, 15) is 0 Å². The number of hydrogen-bond donors (Lipinski definition) is 0. The van der Waals surface area contributed by atoms with Gasteiger partial charge in [0.25, 0.3) is 0 Å². The lowest BCUT2D eigenvalue weighted by Crippen LogP contribution is -2.17. The molecule has 0 atom stereocenters. The van der Waals surface area contributed by atoms with Crippen LogP contribution < -0.4 is 0 Å². The molecule has 3 aromatic carbocycles. The predicted octanol–water partition coefficient (Wildman–Crippen LogP) is 9.07. The van der Waals surface area contributed by atoms with Gasteiger partial charge in [0.15, 0.2) is 0 Å². The maximum absolute atomic E-state index is 6.32. The van der Waals surface area contributed by atoms with E-state index in [-0.39, 0.29) is 16.2 Å². The third kappa shape index (κ3) is 4.22. The second kappa shape index (κ2) is 7.51. The van der Waals surface area contributed by atoms with E-state index in [0.29, 0.717) is 0 Å². The van der Waals surface area contributed by atoms with E-state index in [0.717, 1.165) is 17.6 Å². The van der Waals surface area contributed by atoms with Gasteiger partial charge in [0, 0.05) is 10.8 Å². The van der Waals surface area contributed by atoms with Crippen LogP contribution in [0.4, 0.5) is 0 Å². The molecule has 0 aliphatic carbocycles. The van der Waals surface area contributed by atoms with Crippen LogP contribution in [0.5, 0.6) is 0 Å². The molecule has 1 aromatic heterocycles. The van der Waals surface area contributed by atoms with E-state index >= 15 is 0 Å². The molecule has 0 unspecified atom stereocenters. The quantitative estimate of drug-likeness (QED) is 0.311. The summed E-state index contributed by atoms with van der Waals surface area (Å²) in [5.74, 6) is 0. The lowest BCUT2D eigenvalue weighted by molar-refractivity contribution is 0.567. The van der Waals surface area contributed by atoms with Crippen molar-refractivity contribution in [1.82, 2.24) is 0 Å². The molecule has 0 bridgehead atoms. The van der Waals surface area contributed by atoms with Gasteiger partial charge in [0.1, 0.15) is 11.2 Å². The van der Waals surface area contributed by atoms with E-state index in [1.54, 1.807) is 0 Å². The highest BCUT2D eigenvalue weighted by atomic mass is 16.3. The summed E-state index contributed by atoms with van der Waals surface area (Å²) in [4.78, 5) is 0. The fourth-order valence-electron chi connectivity index (χ4n) is 4.59. The van der Waals surface area contributed by atoms with Gasteiger partial charge >= 0.3 is 0 Å². The Balaban J connectivity index is 1.94. The average molecular weight is 427 g/mol. The van der Waals surface area contributed by atoms with Crippen molar-refractivity contribution in [2.75, 3.05) is 0 Å². The molecule has 0 amide bonds. The normalized spacial score (nSPS) is 13.3. The van der Waals surface area contributed by atoms with E-state index < -0.39 is 0 Å². The molecule has 0 aliphatic heterocycles. The first-order valence-corrected chi connectivity index (χ1v) is 11.8. The van der Waals surface area contributed by atoms with Crippen molar-refractivity contribution in [3.05, 3.63) is 82.4 Å². The molecule has 4 rings (SSSR count). The first-order valence-electron chi connectivity index (χ1n) is 11.8. The Hall–Kier alpha value is -2.54. The van der Waals surface area contributed by atoms with Crippen LogP contribution in [0.2, 0.25) is 0 Å². The Bertz CT molecular complexity index is 1250. The van der Waals surface area contributed by atoms with Crippen LogP contribution in [0.1, 0.15) is 90.1 Å². The Morgan fingerprint density at radius 3 is 1.66 bits per heavy atom. The van der Waals surface area contributed by atoms with Crippen LogP contribution in [0.15, 0.2) is 59.0 Å². The van der Waals surface area contributed by atoms with Crippen molar-refractivity contribution in [3.8, 4) is 0 Å². The van der Waals surface area contributed by atoms with Crippen molar-refractivity contribution in [3.63, 3.8) is 0 Å². The van der Waals surface area contributed by atoms with E-state index in [2.05, 4.69) is 117 Å². The molecule has 32 heavy (non-hydrogen) atoms. The fourth-order valence-corrected chi connectivity index (χ4v) is 4.59. The van der Waals surface area contributed by atoms with Gasteiger partial charge < -0.3 is 4.42 Å². The Morgan fingerprint density at radius 1 is 0.594 bits per heavy atom.